The van der Waals surface area contributed by atoms with Gasteiger partial charge in [-0.3, -0.25) is 4.79 Å². The van der Waals surface area contributed by atoms with E-state index in [2.05, 4.69) is 44.1 Å². The number of primary amides is 1. The smallest absolute Gasteiger partial charge is 0.226 e. The van der Waals surface area contributed by atoms with Crippen LogP contribution in [0.2, 0.25) is 0 Å². The lowest BCUT2D eigenvalue weighted by atomic mass is 10.2. The molecular formula is C27H40N10O. The van der Waals surface area contributed by atoms with Gasteiger partial charge >= 0.3 is 0 Å². The molecule has 11 nitrogen and oxygen atoms in total. The molecule has 1 saturated heterocycles. The summed E-state index contributed by atoms with van der Waals surface area (Å²) < 4.78 is 2.21. The highest BCUT2D eigenvalue weighted by molar-refractivity contribution is 5.86. The van der Waals surface area contributed by atoms with E-state index in [1.165, 1.54) is 12.8 Å². The van der Waals surface area contributed by atoms with Crippen molar-refractivity contribution in [3.63, 3.8) is 0 Å². The van der Waals surface area contributed by atoms with Crippen LogP contribution in [0.25, 0.3) is 11.2 Å². The molecule has 0 bridgehead atoms. The van der Waals surface area contributed by atoms with Crippen LogP contribution in [0.3, 0.4) is 0 Å². The molecule has 2 fully saturated rings. The van der Waals surface area contributed by atoms with Crippen molar-refractivity contribution in [3.8, 4) is 0 Å². The zero-order valence-electron chi connectivity index (χ0n) is 22.4. The number of nitrogens with one attached hydrogen (secondary N) is 2. The molecule has 0 unspecified atom stereocenters. The highest BCUT2D eigenvalue weighted by Gasteiger charge is 2.22. The number of likely N-dealkylation sites (N-methyl/N-ethyl adjacent to an activating group) is 1. The average Bonchev–Trinajstić information content (AvgIpc) is 3.61. The summed E-state index contributed by atoms with van der Waals surface area (Å²) in [5.41, 5.74) is 7.73. The molecule has 1 aliphatic heterocycles. The minimum Gasteiger partial charge on any atom is -0.370 e. The number of unbranched alkanes of at least 4 members (excludes halogenated alkanes) is 2. The predicted octanol–water partition coefficient (Wildman–Crippen LogP) is 3.68. The Kier molecular flexibility index (Phi) is 8.52. The maximum Gasteiger partial charge on any atom is 0.226 e. The Morgan fingerprint density at radius 3 is 2.58 bits per heavy atom. The predicted molar refractivity (Wildman–Crippen MR) is 151 cm³/mol. The molecule has 38 heavy (non-hydrogen) atoms. The summed E-state index contributed by atoms with van der Waals surface area (Å²) in [6.45, 7) is 8.17. The van der Waals surface area contributed by atoms with Crippen molar-refractivity contribution < 1.29 is 4.79 Å². The number of hydrogen-bond acceptors (Lipinski definition) is 9. The molecule has 3 aromatic rings. The number of nitrogens with two attached hydrogens (primary N) is 1. The summed E-state index contributed by atoms with van der Waals surface area (Å²) in [5, 5.41) is 6.83. The number of nitrogens with zero attached hydrogens (tertiary/aromatic N) is 7. The van der Waals surface area contributed by atoms with Crippen molar-refractivity contribution in [2.45, 2.75) is 64.3 Å². The minimum absolute atomic E-state index is 0.246. The highest BCUT2D eigenvalue weighted by atomic mass is 16.1. The summed E-state index contributed by atoms with van der Waals surface area (Å²) in [7, 11) is 0. The van der Waals surface area contributed by atoms with Crippen molar-refractivity contribution in [2.75, 3.05) is 54.8 Å². The number of hydrogen-bond donors (Lipinski definition) is 3. The number of piperazine rings is 1. The lowest BCUT2D eigenvalue weighted by Gasteiger charge is -2.34. The second-order valence-corrected chi connectivity index (χ2v) is 10.3. The molecule has 4 N–H and O–H groups in total. The van der Waals surface area contributed by atoms with E-state index in [1.807, 2.05) is 12.5 Å². The summed E-state index contributed by atoms with van der Waals surface area (Å²) >= 11 is 0. The Morgan fingerprint density at radius 2 is 1.87 bits per heavy atom. The van der Waals surface area contributed by atoms with Crippen LogP contribution in [-0.2, 0) is 4.79 Å². The van der Waals surface area contributed by atoms with Crippen LogP contribution in [0.15, 0.2) is 24.7 Å². The maximum absolute atomic E-state index is 11.0. The summed E-state index contributed by atoms with van der Waals surface area (Å²) in [4.78, 5) is 34.9. The van der Waals surface area contributed by atoms with Gasteiger partial charge in [0, 0.05) is 45.2 Å². The van der Waals surface area contributed by atoms with Gasteiger partial charge in [-0.1, -0.05) is 26.2 Å². The van der Waals surface area contributed by atoms with Crippen molar-refractivity contribution >= 4 is 40.3 Å². The van der Waals surface area contributed by atoms with Crippen LogP contribution in [0.5, 0.6) is 0 Å². The van der Waals surface area contributed by atoms with Gasteiger partial charge in [0.2, 0.25) is 11.9 Å². The minimum atomic E-state index is -0.246. The maximum atomic E-state index is 11.0. The SMILES string of the molecule is CCN1CCN(c2ccc(Nc3nc(NCCCCCC(N)=O)nc4c3ncn4C3CCCC3)cn2)CC1. The van der Waals surface area contributed by atoms with Gasteiger partial charge in [-0.25, -0.2) is 9.97 Å². The molecule has 0 aromatic carbocycles. The molecule has 3 aromatic heterocycles. The van der Waals surface area contributed by atoms with E-state index in [0.29, 0.717) is 24.2 Å². The van der Waals surface area contributed by atoms with Crippen LogP contribution in [0.4, 0.5) is 23.3 Å². The van der Waals surface area contributed by atoms with Crippen LogP contribution < -0.4 is 21.3 Å². The number of pyridine rings is 1. The first kappa shape index (κ1) is 26.1. The fraction of sp³-hybridized carbons (Fsp3) is 0.593. The fourth-order valence-electron chi connectivity index (χ4n) is 5.41. The Hall–Kier alpha value is -3.47. The molecule has 0 atom stereocenters. The third-order valence-electron chi connectivity index (χ3n) is 7.68. The van der Waals surface area contributed by atoms with Crippen molar-refractivity contribution in [1.29, 1.82) is 0 Å². The zero-order chi connectivity index (χ0) is 26.3. The third-order valence-corrected chi connectivity index (χ3v) is 7.68. The molecular weight excluding hydrogens is 480 g/mol. The van der Waals surface area contributed by atoms with Gasteiger partial charge < -0.3 is 30.7 Å². The number of imidazole rings is 1. The number of anilines is 4. The number of fused-ring (bicyclic) bond motifs is 1. The van der Waals surface area contributed by atoms with E-state index < -0.39 is 0 Å². The second kappa shape index (κ2) is 12.4. The largest absolute Gasteiger partial charge is 0.370 e. The van der Waals surface area contributed by atoms with E-state index >= 15 is 0 Å². The van der Waals surface area contributed by atoms with Crippen molar-refractivity contribution in [3.05, 3.63) is 24.7 Å². The lowest BCUT2D eigenvalue weighted by molar-refractivity contribution is -0.118. The average molecular weight is 521 g/mol. The summed E-state index contributed by atoms with van der Waals surface area (Å²) in [5.74, 6) is 2.01. The number of amides is 1. The molecule has 0 spiro atoms. The molecule has 0 radical (unpaired) electrons. The normalized spacial score (nSPS) is 16.8. The van der Waals surface area contributed by atoms with Gasteiger partial charge in [0.15, 0.2) is 17.0 Å². The standard InChI is InChI=1S/C27H40N10O/c1-2-35-14-16-36(17-15-35)23-12-11-20(18-30-23)32-25-24-26(37(19-31-24)21-8-5-6-9-21)34-27(33-25)29-13-7-3-4-10-22(28)38/h11-12,18-19,21H,2-10,13-17H2,1H3,(H2,28,38)(H2,29,32,33,34). The third kappa shape index (κ3) is 6.32. The van der Waals surface area contributed by atoms with Crippen molar-refractivity contribution in [1.82, 2.24) is 29.4 Å². The Bertz CT molecular complexity index is 1200. The van der Waals surface area contributed by atoms with Gasteiger partial charge in [-0.2, -0.15) is 9.97 Å². The molecule has 1 aliphatic carbocycles. The van der Waals surface area contributed by atoms with Gasteiger partial charge in [-0.05, 0) is 44.4 Å². The van der Waals surface area contributed by atoms with Gasteiger partial charge in [0.05, 0.1) is 18.2 Å². The summed E-state index contributed by atoms with van der Waals surface area (Å²) in [6.07, 6.45) is 11.6. The first-order chi connectivity index (χ1) is 18.6. The van der Waals surface area contributed by atoms with Gasteiger partial charge in [0.1, 0.15) is 5.82 Å². The highest BCUT2D eigenvalue weighted by Crippen LogP contribution is 2.33. The molecule has 11 heteroatoms. The van der Waals surface area contributed by atoms with E-state index in [1.54, 1.807) is 0 Å². The lowest BCUT2D eigenvalue weighted by Crippen LogP contribution is -2.46. The van der Waals surface area contributed by atoms with E-state index in [4.69, 9.17) is 25.7 Å². The second-order valence-electron chi connectivity index (χ2n) is 10.3. The zero-order valence-corrected chi connectivity index (χ0v) is 22.4. The number of rotatable bonds is 12. The van der Waals surface area contributed by atoms with Crippen LogP contribution in [-0.4, -0.2) is 74.6 Å². The molecule has 1 saturated carbocycles. The molecule has 2 aliphatic rings. The van der Waals surface area contributed by atoms with Gasteiger partial charge in [0.25, 0.3) is 0 Å². The van der Waals surface area contributed by atoms with Crippen LogP contribution >= 0.6 is 0 Å². The van der Waals surface area contributed by atoms with E-state index in [-0.39, 0.29) is 5.91 Å². The Balaban J connectivity index is 1.31. The molecule has 4 heterocycles. The monoisotopic (exact) mass is 520 g/mol. The number of carbonyl (C=O) groups is 1. The molecule has 204 valence electrons. The van der Waals surface area contributed by atoms with Crippen LogP contribution in [0.1, 0.15) is 64.3 Å². The number of aromatic nitrogens is 5. The first-order valence-corrected chi connectivity index (χ1v) is 14.1. The Labute approximate surface area is 224 Å². The van der Waals surface area contributed by atoms with Crippen LogP contribution in [0, 0.1) is 0 Å². The molecule has 1 amide bonds. The first-order valence-electron chi connectivity index (χ1n) is 14.1. The number of carbonyl (C=O) groups excluding carboxylic acids is 1. The Morgan fingerprint density at radius 1 is 1.05 bits per heavy atom. The van der Waals surface area contributed by atoms with E-state index in [0.717, 1.165) is 94.0 Å². The van der Waals surface area contributed by atoms with E-state index in [9.17, 15) is 4.79 Å². The quantitative estimate of drug-likeness (QED) is 0.306. The summed E-state index contributed by atoms with van der Waals surface area (Å²) in [6, 6.07) is 4.56. The topological polar surface area (TPSA) is 130 Å². The fourth-order valence-corrected chi connectivity index (χ4v) is 5.41. The molecule has 5 rings (SSSR count). The van der Waals surface area contributed by atoms with Gasteiger partial charge in [-0.15, -0.1) is 0 Å². The van der Waals surface area contributed by atoms with Crippen molar-refractivity contribution in [2.24, 2.45) is 5.73 Å².